The molecule has 0 fully saturated rings. The highest BCUT2D eigenvalue weighted by Gasteiger charge is 2.45. The summed E-state index contributed by atoms with van der Waals surface area (Å²) in [6, 6.07) is 0. The number of imidazole rings is 1. The molecular formula is C10H11F4N5O. The fourth-order valence-corrected chi connectivity index (χ4v) is 1.67. The Labute approximate surface area is 110 Å². The Morgan fingerprint density at radius 2 is 2.10 bits per heavy atom. The van der Waals surface area contributed by atoms with Crippen molar-refractivity contribution in [3.63, 3.8) is 0 Å². The summed E-state index contributed by atoms with van der Waals surface area (Å²) >= 11 is 0. The van der Waals surface area contributed by atoms with Crippen LogP contribution in [0.1, 0.15) is 5.82 Å². The van der Waals surface area contributed by atoms with Crippen molar-refractivity contribution in [3.8, 4) is 0 Å². The van der Waals surface area contributed by atoms with Crippen LogP contribution in [0.15, 0.2) is 22.6 Å². The van der Waals surface area contributed by atoms with E-state index in [2.05, 4.69) is 14.7 Å². The zero-order valence-corrected chi connectivity index (χ0v) is 10.5. The number of nitrogens with one attached hydrogen (secondary N) is 1. The van der Waals surface area contributed by atoms with Gasteiger partial charge in [-0.1, -0.05) is 0 Å². The summed E-state index contributed by atoms with van der Waals surface area (Å²) in [5.74, 6) is -0.688. The maximum atomic E-state index is 13.7. The largest absolute Gasteiger partial charge is 0.481 e. The number of rotatable bonds is 2. The number of anilines is 1. The predicted molar refractivity (Wildman–Crippen MR) is 62.3 cm³/mol. The zero-order valence-electron chi connectivity index (χ0n) is 10.5. The Bertz CT molecular complexity index is 589. The fraction of sp³-hybridized carbons (Fsp3) is 0.400. The van der Waals surface area contributed by atoms with E-state index in [1.165, 1.54) is 17.8 Å². The van der Waals surface area contributed by atoms with Gasteiger partial charge in [-0.15, -0.1) is 0 Å². The Balaban J connectivity index is 2.52. The molecule has 0 aliphatic carbocycles. The van der Waals surface area contributed by atoms with Crippen LogP contribution in [0.2, 0.25) is 0 Å². The first-order chi connectivity index (χ1) is 9.25. The lowest BCUT2D eigenvalue weighted by molar-refractivity contribution is -0.105. The van der Waals surface area contributed by atoms with E-state index in [1.54, 1.807) is 0 Å². The Morgan fingerprint density at radius 3 is 2.55 bits per heavy atom. The first kappa shape index (κ1) is 14.2. The van der Waals surface area contributed by atoms with Gasteiger partial charge in [0, 0.05) is 7.05 Å². The fourth-order valence-electron chi connectivity index (χ4n) is 1.67. The van der Waals surface area contributed by atoms with Crippen LogP contribution in [0, 0.1) is 0 Å². The number of alkyl halides is 4. The van der Waals surface area contributed by atoms with Crippen LogP contribution < -0.4 is 11.1 Å². The van der Waals surface area contributed by atoms with E-state index < -0.39 is 23.9 Å². The van der Waals surface area contributed by atoms with E-state index >= 15 is 0 Å². The summed E-state index contributed by atoms with van der Waals surface area (Å²) in [7, 11) is 2.50. The molecule has 110 valence electrons. The first-order valence-corrected chi connectivity index (χ1v) is 5.38. The molecule has 0 spiro atoms. The van der Waals surface area contributed by atoms with Crippen molar-refractivity contribution in [1.29, 1.82) is 0 Å². The number of halogens is 4. The van der Waals surface area contributed by atoms with E-state index in [0.29, 0.717) is 0 Å². The van der Waals surface area contributed by atoms with Crippen molar-refractivity contribution in [2.45, 2.75) is 12.5 Å². The molecule has 2 heterocycles. The van der Waals surface area contributed by atoms with E-state index in [-0.39, 0.29) is 17.5 Å². The van der Waals surface area contributed by atoms with Gasteiger partial charge >= 0.3 is 6.18 Å². The highest BCUT2D eigenvalue weighted by Crippen LogP contribution is 2.34. The first-order valence-electron chi connectivity index (χ1n) is 5.38. The number of hydrogen-bond donors (Lipinski definition) is 2. The number of nitrogens with zero attached hydrogens (tertiary/aromatic N) is 3. The summed E-state index contributed by atoms with van der Waals surface area (Å²) in [6.45, 7) is 0. The van der Waals surface area contributed by atoms with Gasteiger partial charge in [0.05, 0.1) is 13.3 Å². The summed E-state index contributed by atoms with van der Waals surface area (Å²) in [5, 5.41) is 1.99. The van der Waals surface area contributed by atoms with Gasteiger partial charge in [-0.05, 0) is 0 Å². The number of aromatic nitrogens is 2. The number of amidine groups is 1. The van der Waals surface area contributed by atoms with Crippen LogP contribution in [0.5, 0.6) is 0 Å². The van der Waals surface area contributed by atoms with Crippen LogP contribution in [0.4, 0.5) is 23.4 Å². The second-order valence-corrected chi connectivity index (χ2v) is 3.95. The number of nitrogens with two attached hydrogens (primary N) is 1. The molecule has 1 aliphatic rings. The lowest BCUT2D eigenvalue weighted by atomic mass is 10.2. The third-order valence-corrected chi connectivity index (χ3v) is 2.70. The van der Waals surface area contributed by atoms with Crippen LogP contribution >= 0.6 is 0 Å². The van der Waals surface area contributed by atoms with Gasteiger partial charge in [-0.25, -0.2) is 9.37 Å². The molecule has 1 atom stereocenters. The molecule has 1 aromatic rings. The molecule has 0 bridgehead atoms. The number of methoxy groups -OCH3 is 1. The normalized spacial score (nSPS) is 19.7. The second-order valence-electron chi connectivity index (χ2n) is 3.95. The minimum atomic E-state index is -4.90. The van der Waals surface area contributed by atoms with Crippen molar-refractivity contribution < 1.29 is 22.3 Å². The zero-order chi connectivity index (χ0) is 15.1. The quantitative estimate of drug-likeness (QED) is 0.631. The van der Waals surface area contributed by atoms with E-state index in [0.717, 1.165) is 7.11 Å². The molecule has 1 aliphatic heterocycles. The maximum absolute atomic E-state index is 13.7. The van der Waals surface area contributed by atoms with Gasteiger partial charge in [0.2, 0.25) is 12.2 Å². The molecule has 1 unspecified atom stereocenters. The van der Waals surface area contributed by atoms with Crippen molar-refractivity contribution in [2.24, 2.45) is 12.0 Å². The van der Waals surface area contributed by atoms with Crippen LogP contribution in [-0.2, 0) is 11.8 Å². The van der Waals surface area contributed by atoms with Crippen molar-refractivity contribution in [3.05, 3.63) is 23.5 Å². The molecular weight excluding hydrogens is 282 g/mol. The van der Waals surface area contributed by atoms with Crippen molar-refractivity contribution in [1.82, 2.24) is 14.9 Å². The predicted octanol–water partition coefficient (Wildman–Crippen LogP) is 1.07. The molecule has 0 saturated heterocycles. The Hall–Kier alpha value is -2.26. The molecule has 0 saturated carbocycles. The Morgan fingerprint density at radius 1 is 1.45 bits per heavy atom. The third kappa shape index (κ3) is 2.28. The number of aliphatic imine (C=N–C) groups is 1. The maximum Gasteiger partial charge on any atom is 0.422 e. The molecule has 6 nitrogen and oxygen atoms in total. The van der Waals surface area contributed by atoms with Crippen molar-refractivity contribution in [2.75, 3.05) is 12.8 Å². The summed E-state index contributed by atoms with van der Waals surface area (Å²) in [5.41, 5.74) is 4.02. The average Bonchev–Trinajstić information content (AvgIpc) is 2.67. The lowest BCUT2D eigenvalue weighted by Gasteiger charge is -2.24. The Kier molecular flexibility index (Phi) is 3.32. The average molecular weight is 293 g/mol. The molecule has 0 radical (unpaired) electrons. The standard InChI is InChI=1S/C10H11F4N5O/c1-19-4(15)3-16-8(19)7-17-6(11)5(10(12,13)14)9(18-7)20-2/h3,6H,15H2,1-2H3,(H,17,18). The monoisotopic (exact) mass is 293 g/mol. The lowest BCUT2D eigenvalue weighted by Crippen LogP contribution is -2.43. The SMILES string of the molecule is COC1=C(C(F)(F)F)C(F)NC(c2ncc(N)n2C)=N1. The minimum absolute atomic E-state index is 0.0981. The molecule has 0 amide bonds. The highest BCUT2D eigenvalue weighted by molar-refractivity contribution is 5.97. The third-order valence-electron chi connectivity index (χ3n) is 2.70. The molecule has 0 aromatic carbocycles. The molecule has 1 aromatic heterocycles. The smallest absolute Gasteiger partial charge is 0.422 e. The van der Waals surface area contributed by atoms with E-state index in [4.69, 9.17) is 5.73 Å². The summed E-state index contributed by atoms with van der Waals surface area (Å²) in [4.78, 5) is 7.46. The number of ether oxygens (including phenoxy) is 1. The van der Waals surface area contributed by atoms with Gasteiger partial charge in [0.1, 0.15) is 11.4 Å². The highest BCUT2D eigenvalue weighted by atomic mass is 19.4. The second kappa shape index (κ2) is 4.69. The van der Waals surface area contributed by atoms with E-state index in [1.807, 2.05) is 5.32 Å². The van der Waals surface area contributed by atoms with Gasteiger partial charge in [-0.3, -0.25) is 0 Å². The van der Waals surface area contributed by atoms with Crippen molar-refractivity contribution >= 4 is 11.7 Å². The molecule has 2 rings (SSSR count). The minimum Gasteiger partial charge on any atom is -0.481 e. The summed E-state index contributed by atoms with van der Waals surface area (Å²) in [6.07, 6.45) is -6.12. The van der Waals surface area contributed by atoms with Gasteiger partial charge in [0.15, 0.2) is 11.7 Å². The summed E-state index contributed by atoms with van der Waals surface area (Å²) < 4.78 is 57.8. The van der Waals surface area contributed by atoms with Gasteiger partial charge in [0.25, 0.3) is 0 Å². The van der Waals surface area contributed by atoms with E-state index in [9.17, 15) is 17.6 Å². The molecule has 10 heteroatoms. The van der Waals surface area contributed by atoms with Crippen LogP contribution in [0.25, 0.3) is 0 Å². The topological polar surface area (TPSA) is 77.5 Å². The van der Waals surface area contributed by atoms with Crippen LogP contribution in [-0.4, -0.2) is 35.0 Å². The number of hydrogen-bond acceptors (Lipinski definition) is 5. The van der Waals surface area contributed by atoms with Gasteiger partial charge < -0.3 is 20.4 Å². The molecule has 20 heavy (non-hydrogen) atoms. The van der Waals surface area contributed by atoms with Crippen LogP contribution in [0.3, 0.4) is 0 Å². The molecule has 3 N–H and O–H groups in total. The van der Waals surface area contributed by atoms with Gasteiger partial charge in [-0.2, -0.15) is 18.2 Å². The number of nitrogen functional groups attached to an aromatic ring is 1.